The van der Waals surface area contributed by atoms with E-state index in [-0.39, 0.29) is 18.0 Å². The molecule has 0 radical (unpaired) electrons. The van der Waals surface area contributed by atoms with Crippen LogP contribution in [-0.2, 0) is 9.53 Å². The zero-order valence-corrected chi connectivity index (χ0v) is 10.2. The number of rotatable bonds is 4. The van der Waals surface area contributed by atoms with E-state index in [1.807, 2.05) is 0 Å². The molecule has 0 aliphatic heterocycles. The van der Waals surface area contributed by atoms with Gasteiger partial charge in [0.05, 0.1) is 12.0 Å². The van der Waals surface area contributed by atoms with Crippen LogP contribution in [-0.4, -0.2) is 43.8 Å². The van der Waals surface area contributed by atoms with Crippen molar-refractivity contribution in [2.45, 2.75) is 19.1 Å². The number of fused-ring (bicyclic) bond motifs is 1. The van der Waals surface area contributed by atoms with Crippen LogP contribution in [0.25, 0.3) is 11.0 Å². The second kappa shape index (κ2) is 5.21. The van der Waals surface area contributed by atoms with Gasteiger partial charge < -0.3 is 25.7 Å². The Morgan fingerprint density at radius 2 is 2.26 bits per heavy atom. The lowest BCUT2D eigenvalue weighted by molar-refractivity contribution is -0.159. The molecule has 2 rings (SSSR count). The zero-order valence-electron chi connectivity index (χ0n) is 10.2. The molecule has 2 atom stereocenters. The Balaban J connectivity index is 2.36. The molecule has 2 unspecified atom stereocenters. The van der Waals surface area contributed by atoms with Crippen LogP contribution in [0.4, 0.5) is 5.82 Å². The van der Waals surface area contributed by atoms with E-state index in [4.69, 9.17) is 5.73 Å². The van der Waals surface area contributed by atoms with Gasteiger partial charge in [-0.1, -0.05) is 0 Å². The maximum absolute atomic E-state index is 11.4. The summed E-state index contributed by atoms with van der Waals surface area (Å²) in [5.74, 6) is -0.754. The third-order valence-electron chi connectivity index (χ3n) is 2.68. The van der Waals surface area contributed by atoms with Crippen LogP contribution in [0.5, 0.6) is 0 Å². The van der Waals surface area contributed by atoms with Crippen molar-refractivity contribution in [1.82, 2.24) is 15.0 Å². The van der Waals surface area contributed by atoms with Crippen molar-refractivity contribution in [3.63, 3.8) is 0 Å². The number of aromatic nitrogens is 3. The number of carbonyl (C=O) groups is 1. The molecule has 0 saturated heterocycles. The van der Waals surface area contributed by atoms with E-state index in [9.17, 15) is 15.0 Å². The molecule has 19 heavy (non-hydrogen) atoms. The number of nitrogens with zero attached hydrogens (tertiary/aromatic N) is 2. The fourth-order valence-corrected chi connectivity index (χ4v) is 1.77. The van der Waals surface area contributed by atoms with Gasteiger partial charge in [0.2, 0.25) is 0 Å². The van der Waals surface area contributed by atoms with E-state index < -0.39 is 18.2 Å². The molecule has 102 valence electrons. The van der Waals surface area contributed by atoms with Gasteiger partial charge in [0, 0.05) is 11.8 Å². The summed E-state index contributed by atoms with van der Waals surface area (Å²) in [4.78, 5) is 21.9. The molecule has 0 amide bonds. The SMILES string of the molecule is CCOC(=O)C(O)C(O)c1c[nH]c2ncnc(N)c12. The quantitative estimate of drug-likeness (QED) is 0.548. The average molecular weight is 266 g/mol. The zero-order chi connectivity index (χ0) is 14.0. The fraction of sp³-hybridized carbons (Fsp3) is 0.364. The number of hydrogen-bond donors (Lipinski definition) is 4. The molecular formula is C11H14N4O4. The number of aliphatic hydroxyl groups excluding tert-OH is 2. The summed E-state index contributed by atoms with van der Waals surface area (Å²) < 4.78 is 4.64. The van der Waals surface area contributed by atoms with Gasteiger partial charge in [-0.2, -0.15) is 0 Å². The predicted molar refractivity (Wildman–Crippen MR) is 65.9 cm³/mol. The van der Waals surface area contributed by atoms with Crippen LogP contribution in [0.1, 0.15) is 18.6 Å². The third-order valence-corrected chi connectivity index (χ3v) is 2.68. The topological polar surface area (TPSA) is 134 Å². The molecule has 2 aromatic heterocycles. The third kappa shape index (κ3) is 2.35. The number of aliphatic hydroxyl groups is 2. The highest BCUT2D eigenvalue weighted by atomic mass is 16.5. The van der Waals surface area contributed by atoms with E-state index in [2.05, 4.69) is 19.7 Å². The van der Waals surface area contributed by atoms with Crippen LogP contribution in [0.2, 0.25) is 0 Å². The first kappa shape index (κ1) is 13.2. The van der Waals surface area contributed by atoms with Gasteiger partial charge >= 0.3 is 5.97 Å². The molecule has 8 nitrogen and oxygen atoms in total. The molecule has 0 saturated carbocycles. The predicted octanol–water partition coefficient (Wildman–Crippen LogP) is -0.503. The lowest BCUT2D eigenvalue weighted by atomic mass is 10.0. The molecule has 0 aliphatic rings. The van der Waals surface area contributed by atoms with Gasteiger partial charge in [0.1, 0.15) is 23.9 Å². The normalized spacial score (nSPS) is 14.3. The second-order valence-corrected chi connectivity index (χ2v) is 3.87. The van der Waals surface area contributed by atoms with Gasteiger partial charge in [0.25, 0.3) is 0 Å². The van der Waals surface area contributed by atoms with Crippen molar-refractivity contribution in [2.24, 2.45) is 0 Å². The molecule has 0 aromatic carbocycles. The number of hydrogen-bond acceptors (Lipinski definition) is 7. The van der Waals surface area contributed by atoms with Crippen molar-refractivity contribution in [3.8, 4) is 0 Å². The summed E-state index contributed by atoms with van der Waals surface area (Å²) in [6.07, 6.45) is -0.478. The molecule has 0 aliphatic carbocycles. The summed E-state index contributed by atoms with van der Waals surface area (Å²) in [6, 6.07) is 0. The van der Waals surface area contributed by atoms with Gasteiger partial charge in [0.15, 0.2) is 6.10 Å². The number of H-pyrrole nitrogens is 1. The van der Waals surface area contributed by atoms with Crippen LogP contribution in [0.15, 0.2) is 12.5 Å². The standard InChI is InChI=1S/C11H14N4O4/c1-2-19-11(18)8(17)7(16)5-3-13-10-6(5)9(12)14-4-15-10/h3-4,7-8,16-17H,2H2,1H3,(H3,12,13,14,15). The average Bonchev–Trinajstić information content (AvgIpc) is 2.82. The Hall–Kier alpha value is -2.19. The van der Waals surface area contributed by atoms with E-state index in [0.29, 0.717) is 11.0 Å². The summed E-state index contributed by atoms with van der Waals surface area (Å²) >= 11 is 0. The minimum atomic E-state index is -1.70. The number of nitrogens with two attached hydrogens (primary N) is 1. The fourth-order valence-electron chi connectivity index (χ4n) is 1.77. The second-order valence-electron chi connectivity index (χ2n) is 3.87. The summed E-state index contributed by atoms with van der Waals surface area (Å²) in [5, 5.41) is 20.1. The number of anilines is 1. The Kier molecular flexibility index (Phi) is 3.63. The van der Waals surface area contributed by atoms with E-state index >= 15 is 0 Å². The molecule has 5 N–H and O–H groups in total. The summed E-state index contributed by atoms with van der Waals surface area (Å²) in [6.45, 7) is 1.72. The first-order valence-corrected chi connectivity index (χ1v) is 5.66. The number of nitrogen functional groups attached to an aromatic ring is 1. The highest BCUT2D eigenvalue weighted by molar-refractivity contribution is 5.90. The maximum atomic E-state index is 11.4. The maximum Gasteiger partial charge on any atom is 0.338 e. The van der Waals surface area contributed by atoms with Crippen LogP contribution in [0.3, 0.4) is 0 Å². The first-order valence-electron chi connectivity index (χ1n) is 5.66. The molecule has 0 spiro atoms. The van der Waals surface area contributed by atoms with Crippen LogP contribution in [0, 0.1) is 0 Å². The first-order chi connectivity index (χ1) is 9.06. The van der Waals surface area contributed by atoms with Crippen molar-refractivity contribution in [1.29, 1.82) is 0 Å². The summed E-state index contributed by atoms with van der Waals surface area (Å²) in [7, 11) is 0. The van der Waals surface area contributed by atoms with Crippen LogP contribution >= 0.6 is 0 Å². The number of ether oxygens (including phenoxy) is 1. The van der Waals surface area contributed by atoms with Gasteiger partial charge in [-0.3, -0.25) is 0 Å². The van der Waals surface area contributed by atoms with E-state index in [0.717, 1.165) is 0 Å². The minimum Gasteiger partial charge on any atom is -0.464 e. The van der Waals surface area contributed by atoms with E-state index in [1.54, 1.807) is 6.92 Å². The molecule has 0 fully saturated rings. The van der Waals surface area contributed by atoms with Gasteiger partial charge in [-0.15, -0.1) is 0 Å². The lowest BCUT2D eigenvalue weighted by Gasteiger charge is -2.15. The molecule has 2 heterocycles. The van der Waals surface area contributed by atoms with Gasteiger partial charge in [-0.05, 0) is 6.92 Å². The Morgan fingerprint density at radius 3 is 2.95 bits per heavy atom. The molecular weight excluding hydrogens is 252 g/mol. The minimum absolute atomic E-state index is 0.113. The smallest absolute Gasteiger partial charge is 0.338 e. The van der Waals surface area contributed by atoms with Crippen molar-refractivity contribution < 1.29 is 19.7 Å². The number of nitrogens with one attached hydrogen (secondary N) is 1. The number of esters is 1. The molecule has 0 bridgehead atoms. The van der Waals surface area contributed by atoms with Crippen molar-refractivity contribution in [3.05, 3.63) is 18.1 Å². The lowest BCUT2D eigenvalue weighted by Crippen LogP contribution is -2.29. The molecule has 8 heteroatoms. The van der Waals surface area contributed by atoms with Crippen molar-refractivity contribution >= 4 is 22.8 Å². The molecule has 2 aromatic rings. The largest absolute Gasteiger partial charge is 0.464 e. The van der Waals surface area contributed by atoms with E-state index in [1.165, 1.54) is 12.5 Å². The highest BCUT2D eigenvalue weighted by Gasteiger charge is 2.29. The van der Waals surface area contributed by atoms with Gasteiger partial charge in [-0.25, -0.2) is 14.8 Å². The van der Waals surface area contributed by atoms with Crippen molar-refractivity contribution in [2.75, 3.05) is 12.3 Å². The Bertz CT molecular complexity index is 597. The number of carbonyl (C=O) groups excluding carboxylic acids is 1. The van der Waals surface area contributed by atoms with Crippen LogP contribution < -0.4 is 5.73 Å². The highest BCUT2D eigenvalue weighted by Crippen LogP contribution is 2.28. The number of aromatic amines is 1. The Morgan fingerprint density at radius 1 is 1.53 bits per heavy atom. The summed E-state index contributed by atoms with van der Waals surface area (Å²) in [5.41, 5.74) is 6.35. The Labute approximate surface area is 108 Å². The monoisotopic (exact) mass is 266 g/mol.